The summed E-state index contributed by atoms with van der Waals surface area (Å²) < 4.78 is 30.6. The standard InChI is InChI=1S/C48H30N4S2.C34H38B2N2O4.C13H8BrNS.CH4/c1-3-11-33(12-4-1)42-30-43(34-13-5-2-6-14-34)50-46(49-42)39-28-37(31-19-23-35(24-20-31)47-51-40-15-7-9-17-44(40)53-47)27-38(29-39)32-21-25-36(26-22-32)48-52-41-16-8-10-18-45(41)54-48;1-31(2)32(3,4)40-35(39-31)26-19-25(20-27(21-26)36-41-33(5,6)34(7,8)42-36)30-37-28(23-15-11-9-12-16-23)22-29(38-30)24-17-13-10-14-18-24;14-10-7-5-9(6-8-10)13-15-11-3-1-2-4-12(11)16-13;/h1-30H;9-22H,1-8H3;1-8H;1H4. The molecule has 7 heterocycles. The summed E-state index contributed by atoms with van der Waals surface area (Å²) in [7, 11) is -1.14. The molecule has 0 bridgehead atoms. The highest BCUT2D eigenvalue weighted by atomic mass is 79.9. The number of para-hydroxylation sites is 3. The van der Waals surface area contributed by atoms with Crippen LogP contribution in [0.5, 0.6) is 0 Å². The van der Waals surface area contributed by atoms with Crippen LogP contribution in [-0.2, 0) is 18.6 Å². The van der Waals surface area contributed by atoms with Crippen molar-refractivity contribution in [1.29, 1.82) is 0 Å². The Bertz CT molecular complexity index is 5810. The van der Waals surface area contributed by atoms with Gasteiger partial charge in [-0.15, -0.1) is 34.0 Å². The molecule has 0 aliphatic carbocycles. The Hall–Kier alpha value is -11.1. The van der Waals surface area contributed by atoms with Crippen molar-refractivity contribution in [3.63, 3.8) is 0 Å². The molecule has 0 N–H and O–H groups in total. The number of nitrogens with zero attached hydrogens (tertiary/aromatic N) is 7. The van der Waals surface area contributed by atoms with Gasteiger partial charge >= 0.3 is 14.2 Å². The molecule has 19 rings (SSSR count). The van der Waals surface area contributed by atoms with Crippen LogP contribution in [0.25, 0.3) is 152 Å². The summed E-state index contributed by atoms with van der Waals surface area (Å²) >= 11 is 8.60. The van der Waals surface area contributed by atoms with Crippen molar-refractivity contribution < 1.29 is 18.6 Å². The summed E-state index contributed by atoms with van der Waals surface area (Å²) in [6.07, 6.45) is 0. The van der Waals surface area contributed by atoms with E-state index in [9.17, 15) is 0 Å². The Labute approximate surface area is 681 Å². The van der Waals surface area contributed by atoms with Crippen molar-refractivity contribution in [2.24, 2.45) is 0 Å². The van der Waals surface area contributed by atoms with Gasteiger partial charge in [-0.1, -0.05) is 260 Å². The molecular formula is C96H80B2BrN7O4S3. The van der Waals surface area contributed by atoms with Gasteiger partial charge in [0.2, 0.25) is 0 Å². The van der Waals surface area contributed by atoms with Gasteiger partial charge in [0.25, 0.3) is 0 Å². The first-order valence-electron chi connectivity index (χ1n) is 37.3. The number of hydrogen-bond donors (Lipinski definition) is 0. The number of rotatable bonds is 13. The van der Waals surface area contributed by atoms with E-state index in [0.29, 0.717) is 11.6 Å². The third kappa shape index (κ3) is 16.3. The Morgan fingerprint density at radius 3 is 0.805 bits per heavy atom. The third-order valence-corrected chi connectivity index (χ3v) is 24.9. The summed E-state index contributed by atoms with van der Waals surface area (Å²) in [5, 5.41) is 3.11. The first-order chi connectivity index (χ1) is 54.3. The number of hydrogen-bond acceptors (Lipinski definition) is 14. The Morgan fingerprint density at radius 1 is 0.248 bits per heavy atom. The summed E-state index contributed by atoms with van der Waals surface area (Å²) in [6.45, 7) is 16.5. The maximum absolute atomic E-state index is 6.48. The molecule has 2 aliphatic heterocycles. The molecule has 0 radical (unpaired) electrons. The lowest BCUT2D eigenvalue weighted by atomic mass is 9.71. The second kappa shape index (κ2) is 31.8. The van der Waals surface area contributed by atoms with Crippen molar-refractivity contribution in [2.75, 3.05) is 0 Å². The molecule has 2 aliphatic rings. The van der Waals surface area contributed by atoms with E-state index >= 15 is 0 Å². The highest BCUT2D eigenvalue weighted by molar-refractivity contribution is 9.10. The lowest BCUT2D eigenvalue weighted by Crippen LogP contribution is -2.41. The molecule has 2 fully saturated rings. The SMILES string of the molecule is Brc1ccc(-c2nc3ccccc3s2)cc1.C.CC1(C)OB(c2cc(B3OC(C)(C)C(C)(C)O3)cc(-c3nc(-c4ccccc4)cc(-c4ccccc4)n3)c2)OC1(C)C.c1ccc(-c2cc(-c3ccccc3)nc(-c3cc(-c4ccc(-c5nc6ccccc6s5)cc4)cc(-c4ccc(-c5nc6ccccc6s5)cc4)c3)n2)cc1. The Balaban J connectivity index is 0.000000144. The predicted octanol–water partition coefficient (Wildman–Crippen LogP) is 24.8. The Kier molecular flexibility index (Phi) is 21.4. The van der Waals surface area contributed by atoms with Gasteiger partial charge in [-0.2, -0.15) is 0 Å². The van der Waals surface area contributed by atoms with Crippen LogP contribution in [0.1, 0.15) is 62.8 Å². The van der Waals surface area contributed by atoms with E-state index in [4.69, 9.17) is 48.5 Å². The summed E-state index contributed by atoms with van der Waals surface area (Å²) in [4.78, 5) is 34.9. The number of aromatic nitrogens is 7. The van der Waals surface area contributed by atoms with Crippen molar-refractivity contribution in [3.8, 4) is 122 Å². The van der Waals surface area contributed by atoms with Crippen LogP contribution in [-0.4, -0.2) is 71.5 Å². The predicted molar refractivity (Wildman–Crippen MR) is 476 cm³/mol. The minimum absolute atomic E-state index is 0. The maximum Gasteiger partial charge on any atom is 0.494 e. The van der Waals surface area contributed by atoms with Gasteiger partial charge in [0.05, 0.1) is 75.8 Å². The van der Waals surface area contributed by atoms with Crippen molar-refractivity contribution in [1.82, 2.24) is 34.9 Å². The molecule has 0 saturated carbocycles. The molecule has 0 unspecified atom stereocenters. The van der Waals surface area contributed by atoms with E-state index in [-0.39, 0.29) is 7.43 Å². The largest absolute Gasteiger partial charge is 0.494 e. The van der Waals surface area contributed by atoms with Crippen LogP contribution >= 0.6 is 49.9 Å². The molecule has 17 heteroatoms. The van der Waals surface area contributed by atoms with Crippen LogP contribution in [0, 0.1) is 0 Å². The van der Waals surface area contributed by atoms with Crippen LogP contribution < -0.4 is 10.9 Å². The van der Waals surface area contributed by atoms with E-state index in [1.54, 1.807) is 34.0 Å². The molecule has 0 atom stereocenters. The third-order valence-electron chi connectivity index (χ3n) is 21.1. The van der Waals surface area contributed by atoms with Gasteiger partial charge in [-0.25, -0.2) is 34.9 Å². The van der Waals surface area contributed by atoms with Gasteiger partial charge in [0.15, 0.2) is 11.6 Å². The van der Waals surface area contributed by atoms with Crippen molar-refractivity contribution >= 4 is 106 Å². The summed E-state index contributed by atoms with van der Waals surface area (Å²) in [5.74, 6) is 1.28. The first-order valence-corrected chi connectivity index (χ1v) is 40.6. The molecular weight excluding hydrogens is 1510 g/mol. The molecule has 11 nitrogen and oxygen atoms in total. The lowest BCUT2D eigenvalue weighted by Gasteiger charge is -2.32. The highest BCUT2D eigenvalue weighted by Crippen LogP contribution is 2.42. The van der Waals surface area contributed by atoms with Gasteiger partial charge in [-0.3, -0.25) is 0 Å². The van der Waals surface area contributed by atoms with Crippen molar-refractivity contribution in [3.05, 3.63) is 320 Å². The normalized spacial score (nSPS) is 14.5. The first kappa shape index (κ1) is 75.9. The number of fused-ring (bicyclic) bond motifs is 3. The van der Waals surface area contributed by atoms with Crippen LogP contribution in [0.4, 0.5) is 0 Å². The summed E-state index contributed by atoms with van der Waals surface area (Å²) in [6, 6.07) is 109. The van der Waals surface area contributed by atoms with E-state index in [0.717, 1.165) is 137 Å². The lowest BCUT2D eigenvalue weighted by molar-refractivity contribution is 0.00578. The second-order valence-electron chi connectivity index (χ2n) is 29.9. The smallest absolute Gasteiger partial charge is 0.399 e. The average molecular weight is 1590 g/mol. The van der Waals surface area contributed by atoms with Crippen LogP contribution in [0.2, 0.25) is 0 Å². The molecule has 113 heavy (non-hydrogen) atoms. The number of halogens is 1. The van der Waals surface area contributed by atoms with Crippen LogP contribution in [0.3, 0.4) is 0 Å². The average Bonchev–Trinajstić information content (AvgIpc) is 1.63. The minimum atomic E-state index is -0.568. The van der Waals surface area contributed by atoms with Crippen molar-refractivity contribution in [2.45, 2.75) is 85.2 Å². The quantitative estimate of drug-likeness (QED) is 0.102. The fourth-order valence-corrected chi connectivity index (χ4v) is 16.7. The number of thiazole rings is 3. The number of benzene rings is 12. The van der Waals surface area contributed by atoms with Crippen LogP contribution in [0.15, 0.2) is 320 Å². The van der Waals surface area contributed by atoms with Gasteiger partial charge in [0.1, 0.15) is 15.0 Å². The van der Waals surface area contributed by atoms with Gasteiger partial charge in [-0.05, 0) is 167 Å². The van der Waals surface area contributed by atoms with E-state index in [1.807, 2.05) is 121 Å². The highest BCUT2D eigenvalue weighted by Gasteiger charge is 2.54. The van der Waals surface area contributed by atoms with Gasteiger partial charge in [0, 0.05) is 54.5 Å². The molecule has 5 aromatic heterocycles. The molecule has 554 valence electrons. The van der Waals surface area contributed by atoms with E-state index in [2.05, 4.69) is 270 Å². The second-order valence-corrected chi connectivity index (χ2v) is 33.9. The topological polar surface area (TPSA) is 127 Å². The monoisotopic (exact) mass is 1590 g/mol. The Morgan fingerprint density at radius 2 is 0.504 bits per heavy atom. The van der Waals surface area contributed by atoms with Gasteiger partial charge < -0.3 is 18.6 Å². The molecule has 2 saturated heterocycles. The zero-order chi connectivity index (χ0) is 76.7. The fourth-order valence-electron chi connectivity index (χ4n) is 13.5. The zero-order valence-electron chi connectivity index (χ0n) is 63.0. The van der Waals surface area contributed by atoms with E-state index < -0.39 is 36.6 Å². The molecule has 0 amide bonds. The maximum atomic E-state index is 6.48. The molecule has 17 aromatic rings. The minimum Gasteiger partial charge on any atom is -0.399 e. The molecule has 12 aromatic carbocycles. The van der Waals surface area contributed by atoms with E-state index in [1.165, 1.54) is 19.7 Å². The zero-order valence-corrected chi connectivity index (χ0v) is 67.1. The fraction of sp³-hybridized carbons (Fsp3) is 0.135. The summed E-state index contributed by atoms with van der Waals surface area (Å²) in [5.41, 5.74) is 20.1. The molecule has 0 spiro atoms.